The lowest BCUT2D eigenvalue weighted by Crippen LogP contribution is -2.22. The Hall–Kier alpha value is -2.99. The molecule has 0 aliphatic carbocycles. The number of amides is 3. The lowest BCUT2D eigenvalue weighted by molar-refractivity contribution is -0.113. The van der Waals surface area contributed by atoms with Crippen molar-refractivity contribution in [1.29, 1.82) is 0 Å². The van der Waals surface area contributed by atoms with E-state index in [0.29, 0.717) is 27.7 Å². The number of rotatable bonds is 3. The van der Waals surface area contributed by atoms with Crippen molar-refractivity contribution < 1.29 is 14.3 Å². The van der Waals surface area contributed by atoms with Crippen molar-refractivity contribution in [1.82, 2.24) is 0 Å². The number of fused-ring (bicyclic) bond motifs is 1. The van der Waals surface area contributed by atoms with Crippen molar-refractivity contribution in [3.8, 4) is 5.75 Å². The van der Waals surface area contributed by atoms with Crippen molar-refractivity contribution in [3.63, 3.8) is 0 Å². The Morgan fingerprint density at radius 1 is 1.08 bits per heavy atom. The van der Waals surface area contributed by atoms with Crippen LogP contribution < -0.4 is 21.1 Å². The topological polar surface area (TPSA) is 93.5 Å². The van der Waals surface area contributed by atoms with Crippen molar-refractivity contribution in [2.75, 3.05) is 17.2 Å². The maximum atomic E-state index is 12.4. The van der Waals surface area contributed by atoms with Crippen LogP contribution in [-0.4, -0.2) is 18.5 Å². The monoisotopic (exact) mass is 343 g/mol. The smallest absolute Gasteiger partial charge is 0.316 e. The van der Waals surface area contributed by atoms with Gasteiger partial charge in [0.2, 0.25) is 0 Å². The first-order valence-corrected chi connectivity index (χ1v) is 7.50. The van der Waals surface area contributed by atoms with Crippen LogP contribution in [0.2, 0.25) is 5.02 Å². The molecule has 3 amide bonds. The molecule has 0 bridgehead atoms. The van der Waals surface area contributed by atoms with Crippen LogP contribution in [-0.2, 0) is 4.79 Å². The molecule has 0 unspecified atom stereocenters. The molecule has 0 saturated heterocycles. The van der Waals surface area contributed by atoms with E-state index in [4.69, 9.17) is 22.1 Å². The minimum atomic E-state index is -0.671. The Kier molecular flexibility index (Phi) is 4.39. The van der Waals surface area contributed by atoms with Gasteiger partial charge >= 0.3 is 6.03 Å². The maximum Gasteiger partial charge on any atom is 0.316 e. The molecular weight excluding hydrogens is 330 g/mol. The Morgan fingerprint density at radius 2 is 1.83 bits per heavy atom. The molecular formula is C17H14ClN3O3. The van der Waals surface area contributed by atoms with Gasteiger partial charge in [0, 0.05) is 22.0 Å². The minimum Gasteiger partial charge on any atom is -0.488 e. The number of hydrogen-bond acceptors (Lipinski definition) is 3. The molecule has 0 aromatic heterocycles. The fourth-order valence-corrected chi connectivity index (χ4v) is 2.49. The molecule has 0 atom stereocenters. The predicted octanol–water partition coefficient (Wildman–Crippen LogP) is 3.25. The number of anilines is 2. The van der Waals surface area contributed by atoms with Gasteiger partial charge in [-0.05, 0) is 42.5 Å². The molecule has 0 fully saturated rings. The second-order valence-electron chi connectivity index (χ2n) is 5.16. The number of carbonyl (C=O) groups excluding carboxylic acids is 2. The Bertz CT molecular complexity index is 849. The summed E-state index contributed by atoms with van der Waals surface area (Å²) in [7, 11) is 0. The fraction of sp³-hybridized carbons (Fsp3) is 0.0588. The van der Waals surface area contributed by atoms with Gasteiger partial charge in [0.1, 0.15) is 12.4 Å². The number of carbonyl (C=O) groups is 2. The third kappa shape index (κ3) is 3.67. The molecule has 3 rings (SSSR count). The van der Waals surface area contributed by atoms with Crippen LogP contribution in [0.1, 0.15) is 5.56 Å². The first kappa shape index (κ1) is 15.9. The van der Waals surface area contributed by atoms with Crippen LogP contribution in [0.25, 0.3) is 6.08 Å². The summed E-state index contributed by atoms with van der Waals surface area (Å²) in [6.07, 6.45) is 1.74. The van der Waals surface area contributed by atoms with E-state index in [1.54, 1.807) is 48.5 Å². The Morgan fingerprint density at radius 3 is 2.58 bits per heavy atom. The average Bonchev–Trinajstić information content (AvgIpc) is 2.53. The molecule has 4 N–H and O–H groups in total. The van der Waals surface area contributed by atoms with E-state index in [2.05, 4.69) is 10.6 Å². The zero-order valence-corrected chi connectivity index (χ0v) is 13.3. The van der Waals surface area contributed by atoms with Gasteiger partial charge in [-0.25, -0.2) is 4.79 Å². The summed E-state index contributed by atoms with van der Waals surface area (Å²) >= 11 is 5.96. The van der Waals surface area contributed by atoms with Gasteiger partial charge in [0.25, 0.3) is 5.91 Å². The maximum absolute atomic E-state index is 12.4. The molecule has 24 heavy (non-hydrogen) atoms. The Labute approximate surface area is 143 Å². The fourth-order valence-electron chi connectivity index (χ4n) is 2.31. The van der Waals surface area contributed by atoms with E-state index in [1.807, 2.05) is 0 Å². The molecule has 0 spiro atoms. The largest absolute Gasteiger partial charge is 0.488 e. The van der Waals surface area contributed by atoms with E-state index >= 15 is 0 Å². The molecule has 1 aliphatic heterocycles. The summed E-state index contributed by atoms with van der Waals surface area (Å²) in [5.74, 6) is 0.389. The quantitative estimate of drug-likeness (QED) is 0.798. The number of hydrogen-bond donors (Lipinski definition) is 3. The number of nitrogens with one attached hydrogen (secondary N) is 2. The second-order valence-corrected chi connectivity index (χ2v) is 5.60. The first-order chi connectivity index (χ1) is 11.5. The van der Waals surface area contributed by atoms with E-state index in [0.717, 1.165) is 5.56 Å². The number of nitrogens with two attached hydrogens (primary N) is 1. The molecule has 1 aliphatic rings. The van der Waals surface area contributed by atoms with Crippen molar-refractivity contribution in [3.05, 3.63) is 58.6 Å². The van der Waals surface area contributed by atoms with Crippen molar-refractivity contribution in [2.24, 2.45) is 5.73 Å². The van der Waals surface area contributed by atoms with Gasteiger partial charge in [0.15, 0.2) is 0 Å². The van der Waals surface area contributed by atoms with Gasteiger partial charge in [-0.1, -0.05) is 17.7 Å². The summed E-state index contributed by atoms with van der Waals surface area (Å²) in [6.45, 7) is 0.166. The Balaban J connectivity index is 1.77. The molecule has 122 valence electrons. The van der Waals surface area contributed by atoms with Gasteiger partial charge in [0.05, 0.1) is 5.57 Å². The van der Waals surface area contributed by atoms with Crippen molar-refractivity contribution >= 4 is 41.0 Å². The third-order valence-electron chi connectivity index (χ3n) is 3.36. The van der Waals surface area contributed by atoms with Crippen LogP contribution in [0.5, 0.6) is 5.75 Å². The molecule has 7 heteroatoms. The van der Waals surface area contributed by atoms with Crippen LogP contribution in [0.3, 0.4) is 0 Å². The van der Waals surface area contributed by atoms with Gasteiger partial charge in [-0.3, -0.25) is 4.79 Å². The number of ether oxygens (including phenoxy) is 1. The normalized spacial score (nSPS) is 12.5. The summed E-state index contributed by atoms with van der Waals surface area (Å²) in [5, 5.41) is 5.78. The van der Waals surface area contributed by atoms with E-state index in [-0.39, 0.29) is 12.5 Å². The highest BCUT2D eigenvalue weighted by atomic mass is 35.5. The highest BCUT2D eigenvalue weighted by molar-refractivity contribution is 6.30. The number of halogens is 1. The van der Waals surface area contributed by atoms with Crippen LogP contribution in [0, 0.1) is 0 Å². The van der Waals surface area contributed by atoms with E-state index in [9.17, 15) is 9.59 Å². The predicted molar refractivity (Wildman–Crippen MR) is 93.2 cm³/mol. The first-order valence-electron chi connectivity index (χ1n) is 7.12. The zero-order chi connectivity index (χ0) is 17.1. The van der Waals surface area contributed by atoms with Crippen LogP contribution >= 0.6 is 11.6 Å². The van der Waals surface area contributed by atoms with Gasteiger partial charge in [-0.2, -0.15) is 0 Å². The number of benzene rings is 2. The summed E-state index contributed by atoms with van der Waals surface area (Å²) in [5.41, 5.74) is 7.32. The highest BCUT2D eigenvalue weighted by Crippen LogP contribution is 2.29. The average molecular weight is 344 g/mol. The lowest BCUT2D eigenvalue weighted by atomic mass is 10.1. The summed E-state index contributed by atoms with van der Waals surface area (Å²) in [4.78, 5) is 23.3. The summed E-state index contributed by atoms with van der Waals surface area (Å²) < 4.78 is 5.56. The van der Waals surface area contributed by atoms with Crippen LogP contribution in [0.15, 0.2) is 48.0 Å². The molecule has 0 radical (unpaired) electrons. The SMILES string of the molecule is NC(=O)Nc1cccc(NC(=O)C2=Cc3cc(Cl)ccc3OC2)c1. The van der Waals surface area contributed by atoms with Crippen LogP contribution in [0.4, 0.5) is 16.2 Å². The van der Waals surface area contributed by atoms with Crippen molar-refractivity contribution in [2.45, 2.75) is 0 Å². The third-order valence-corrected chi connectivity index (χ3v) is 3.60. The van der Waals surface area contributed by atoms with E-state index in [1.165, 1.54) is 0 Å². The number of primary amides is 1. The molecule has 2 aromatic carbocycles. The summed E-state index contributed by atoms with van der Waals surface area (Å²) in [6, 6.07) is 11.2. The second kappa shape index (κ2) is 6.64. The van der Waals surface area contributed by atoms with E-state index < -0.39 is 6.03 Å². The highest BCUT2D eigenvalue weighted by Gasteiger charge is 2.17. The molecule has 6 nitrogen and oxygen atoms in total. The molecule has 1 heterocycles. The standard InChI is InChI=1S/C17H14ClN3O3/c18-12-4-5-15-10(7-12)6-11(9-24-15)16(22)20-13-2-1-3-14(8-13)21-17(19)23/h1-8H,9H2,(H,20,22)(H3,19,21,23). The lowest BCUT2D eigenvalue weighted by Gasteiger charge is -2.18. The van der Waals surface area contributed by atoms with Gasteiger partial charge in [-0.15, -0.1) is 0 Å². The zero-order valence-electron chi connectivity index (χ0n) is 12.5. The molecule has 0 saturated carbocycles. The van der Waals surface area contributed by atoms with Gasteiger partial charge < -0.3 is 21.1 Å². The minimum absolute atomic E-state index is 0.166. The molecule has 2 aromatic rings. The number of urea groups is 1.